The Morgan fingerprint density at radius 2 is 1.86 bits per heavy atom. The molecule has 0 unspecified atom stereocenters. The first-order chi connectivity index (χ1) is 10.4. The van der Waals surface area contributed by atoms with Crippen molar-refractivity contribution < 1.29 is 10.2 Å². The van der Waals surface area contributed by atoms with Crippen molar-refractivity contribution in [1.29, 1.82) is 0 Å². The Balaban J connectivity index is 1.68. The van der Waals surface area contributed by atoms with Crippen LogP contribution in [0.25, 0.3) is 0 Å². The van der Waals surface area contributed by atoms with Crippen molar-refractivity contribution in [3.05, 3.63) is 11.8 Å². The summed E-state index contributed by atoms with van der Waals surface area (Å²) < 4.78 is 0. The van der Waals surface area contributed by atoms with Crippen molar-refractivity contribution in [2.45, 2.75) is 71.8 Å². The second kappa shape index (κ2) is 4.75. The molecule has 3 fully saturated rings. The van der Waals surface area contributed by atoms with E-state index in [0.717, 1.165) is 43.4 Å². The van der Waals surface area contributed by atoms with Crippen molar-refractivity contribution in [3.8, 4) is 0 Å². The largest absolute Gasteiger partial charge is 0.512 e. The van der Waals surface area contributed by atoms with Crippen LogP contribution in [0.3, 0.4) is 0 Å². The number of hydrogen-bond donors (Lipinski definition) is 2. The third-order valence-corrected chi connectivity index (χ3v) is 8.54. The van der Waals surface area contributed by atoms with Gasteiger partial charge >= 0.3 is 0 Å². The van der Waals surface area contributed by atoms with Gasteiger partial charge in [0.15, 0.2) is 0 Å². The predicted molar refractivity (Wildman–Crippen MR) is 88.4 cm³/mol. The zero-order valence-electron chi connectivity index (χ0n) is 14.4. The Morgan fingerprint density at radius 1 is 1.09 bits per heavy atom. The maximum atomic E-state index is 10.4. The smallest absolute Gasteiger partial charge is 0.0944 e. The molecule has 0 heterocycles. The van der Waals surface area contributed by atoms with Gasteiger partial charge in [0.1, 0.15) is 0 Å². The third-order valence-electron chi connectivity index (χ3n) is 8.54. The number of aliphatic hydroxyl groups excluding tert-OH is 2. The first-order valence-corrected chi connectivity index (χ1v) is 9.44. The second-order valence-corrected chi connectivity index (χ2v) is 9.42. The molecular formula is C20H32O2. The van der Waals surface area contributed by atoms with Gasteiger partial charge in [0.2, 0.25) is 0 Å². The zero-order chi connectivity index (χ0) is 15.7. The topological polar surface area (TPSA) is 40.5 Å². The van der Waals surface area contributed by atoms with E-state index in [1.54, 1.807) is 0 Å². The molecule has 0 aliphatic heterocycles. The van der Waals surface area contributed by atoms with Gasteiger partial charge in [0, 0.05) is 5.41 Å². The van der Waals surface area contributed by atoms with Crippen molar-refractivity contribution in [3.63, 3.8) is 0 Å². The van der Waals surface area contributed by atoms with Crippen LogP contribution in [0.5, 0.6) is 0 Å². The molecule has 4 aliphatic carbocycles. The van der Waals surface area contributed by atoms with Crippen LogP contribution >= 0.6 is 0 Å². The molecule has 4 aliphatic rings. The molecular weight excluding hydrogens is 272 g/mol. The molecule has 22 heavy (non-hydrogen) atoms. The van der Waals surface area contributed by atoms with Gasteiger partial charge in [-0.15, -0.1) is 0 Å². The molecule has 2 heteroatoms. The lowest BCUT2D eigenvalue weighted by atomic mass is 9.43. The Hall–Kier alpha value is -0.500. The first kappa shape index (κ1) is 15.1. The van der Waals surface area contributed by atoms with Gasteiger partial charge in [-0.2, -0.15) is 0 Å². The van der Waals surface area contributed by atoms with Crippen molar-refractivity contribution in [2.24, 2.45) is 40.4 Å². The van der Waals surface area contributed by atoms with E-state index in [2.05, 4.69) is 26.8 Å². The Labute approximate surface area is 135 Å². The lowest BCUT2D eigenvalue weighted by Crippen LogP contribution is -2.56. The molecule has 124 valence electrons. The third kappa shape index (κ3) is 1.82. The molecule has 0 radical (unpaired) electrons. The second-order valence-electron chi connectivity index (χ2n) is 9.42. The van der Waals surface area contributed by atoms with E-state index in [1.165, 1.54) is 19.3 Å². The molecule has 0 amide bonds. The molecule has 0 bridgehead atoms. The lowest BCUT2D eigenvalue weighted by molar-refractivity contribution is -0.143. The predicted octanol–water partition coefficient (Wildman–Crippen LogP) is 4.69. The SMILES string of the molecule is C[C@H]1C[C@@H]2C[C@@H](O)CC[C@]2(C)[C@H]2CC[C@]3(C)C(O)=CC[C@H]3[C@H]12. The summed E-state index contributed by atoms with van der Waals surface area (Å²) in [6.45, 7) is 7.27. The number of rotatable bonds is 0. The summed E-state index contributed by atoms with van der Waals surface area (Å²) in [6, 6.07) is 0. The summed E-state index contributed by atoms with van der Waals surface area (Å²) in [5.41, 5.74) is 0.475. The highest BCUT2D eigenvalue weighted by molar-refractivity contribution is 5.21. The number of allylic oxidation sites excluding steroid dienone is 2. The molecule has 0 spiro atoms. The fourth-order valence-electron chi connectivity index (χ4n) is 7.16. The summed E-state index contributed by atoms with van der Waals surface area (Å²) in [7, 11) is 0. The van der Waals surface area contributed by atoms with E-state index >= 15 is 0 Å². The fraction of sp³-hybridized carbons (Fsp3) is 0.900. The average molecular weight is 304 g/mol. The van der Waals surface area contributed by atoms with Crippen LogP contribution in [0, 0.1) is 40.4 Å². The van der Waals surface area contributed by atoms with Gasteiger partial charge in [-0.3, -0.25) is 0 Å². The summed E-state index contributed by atoms with van der Waals surface area (Å²) >= 11 is 0. The van der Waals surface area contributed by atoms with Crippen molar-refractivity contribution in [2.75, 3.05) is 0 Å². The highest BCUT2D eigenvalue weighted by atomic mass is 16.3. The maximum Gasteiger partial charge on any atom is 0.0944 e. The fourth-order valence-corrected chi connectivity index (χ4v) is 7.16. The van der Waals surface area contributed by atoms with Crippen molar-refractivity contribution >= 4 is 0 Å². The van der Waals surface area contributed by atoms with Gasteiger partial charge in [0.25, 0.3) is 0 Å². The first-order valence-electron chi connectivity index (χ1n) is 9.44. The van der Waals surface area contributed by atoms with Crippen LogP contribution in [0.1, 0.15) is 65.7 Å². The van der Waals surface area contributed by atoms with E-state index in [-0.39, 0.29) is 11.5 Å². The monoisotopic (exact) mass is 304 g/mol. The van der Waals surface area contributed by atoms with Gasteiger partial charge < -0.3 is 10.2 Å². The minimum Gasteiger partial charge on any atom is -0.512 e. The van der Waals surface area contributed by atoms with Crippen LogP contribution < -0.4 is 0 Å². The van der Waals surface area contributed by atoms with Gasteiger partial charge in [-0.1, -0.05) is 20.8 Å². The Bertz CT molecular complexity index is 498. The normalized spacial score (nSPS) is 57.5. The highest BCUT2D eigenvalue weighted by Gasteiger charge is 2.60. The Kier molecular flexibility index (Phi) is 3.25. The molecule has 4 rings (SSSR count). The average Bonchev–Trinajstić information content (AvgIpc) is 2.77. The quantitative estimate of drug-likeness (QED) is 0.681. The molecule has 0 aromatic rings. The van der Waals surface area contributed by atoms with Crippen molar-refractivity contribution in [1.82, 2.24) is 0 Å². The molecule has 0 saturated heterocycles. The maximum absolute atomic E-state index is 10.4. The molecule has 0 aromatic heterocycles. The molecule has 2 nitrogen and oxygen atoms in total. The number of fused-ring (bicyclic) bond motifs is 5. The molecule has 2 N–H and O–H groups in total. The zero-order valence-corrected chi connectivity index (χ0v) is 14.4. The van der Waals surface area contributed by atoms with Crippen LogP contribution in [-0.2, 0) is 0 Å². The Morgan fingerprint density at radius 3 is 2.64 bits per heavy atom. The molecule has 8 atom stereocenters. The van der Waals surface area contributed by atoms with E-state index < -0.39 is 0 Å². The van der Waals surface area contributed by atoms with Crippen LogP contribution in [0.4, 0.5) is 0 Å². The minimum absolute atomic E-state index is 0.0484. The number of hydrogen-bond acceptors (Lipinski definition) is 2. The van der Waals surface area contributed by atoms with E-state index in [4.69, 9.17) is 0 Å². The summed E-state index contributed by atoms with van der Waals surface area (Å²) in [5.74, 6) is 4.32. The summed E-state index contributed by atoms with van der Waals surface area (Å²) in [5, 5.41) is 20.5. The highest BCUT2D eigenvalue weighted by Crippen LogP contribution is 2.67. The van der Waals surface area contributed by atoms with Crippen LogP contribution in [0.15, 0.2) is 11.8 Å². The minimum atomic E-state index is -0.0622. The van der Waals surface area contributed by atoms with E-state index in [9.17, 15) is 10.2 Å². The van der Waals surface area contributed by atoms with E-state index in [0.29, 0.717) is 23.0 Å². The van der Waals surface area contributed by atoms with Crippen LogP contribution in [-0.4, -0.2) is 16.3 Å². The summed E-state index contributed by atoms with van der Waals surface area (Å²) in [4.78, 5) is 0. The molecule has 3 saturated carbocycles. The lowest BCUT2D eigenvalue weighted by Gasteiger charge is -2.62. The van der Waals surface area contributed by atoms with Gasteiger partial charge in [-0.05, 0) is 86.0 Å². The number of aliphatic hydroxyl groups is 2. The van der Waals surface area contributed by atoms with E-state index in [1.807, 2.05) is 0 Å². The van der Waals surface area contributed by atoms with Crippen LogP contribution in [0.2, 0.25) is 0 Å². The van der Waals surface area contributed by atoms with Gasteiger partial charge in [0.05, 0.1) is 11.9 Å². The summed E-state index contributed by atoms with van der Waals surface area (Å²) in [6.07, 6.45) is 10.0. The molecule has 0 aromatic carbocycles. The van der Waals surface area contributed by atoms with Gasteiger partial charge in [-0.25, -0.2) is 0 Å². The standard InChI is InChI=1S/C20H32O2/c1-12-10-13-11-14(21)6-8-19(13,2)16-7-9-20(3)15(18(12)16)4-5-17(20)22/h5,12-16,18,21-22H,4,6-11H2,1-3H3/t12-,13+,14-,15-,16-,18-,19-,20-/m0/s1.